The van der Waals surface area contributed by atoms with Crippen LogP contribution in [-0.2, 0) is 19.5 Å². The third-order valence-corrected chi connectivity index (χ3v) is 4.40. The first kappa shape index (κ1) is 19.9. The first-order chi connectivity index (χ1) is 12.9. The Balaban J connectivity index is 2.10. The van der Waals surface area contributed by atoms with Crippen molar-refractivity contribution in [3.63, 3.8) is 0 Å². The number of ether oxygens (including phenoxy) is 3. The molecule has 0 saturated carbocycles. The zero-order chi connectivity index (χ0) is 19.9. The lowest BCUT2D eigenvalue weighted by atomic mass is 10.3. The van der Waals surface area contributed by atoms with Crippen LogP contribution >= 0.6 is 0 Å². The second-order valence-electron chi connectivity index (χ2n) is 4.77. The van der Waals surface area contributed by atoms with Crippen molar-refractivity contribution in [2.75, 3.05) is 20.8 Å². The molecule has 144 valence electrons. The molecule has 13 heteroatoms. The number of sulfonamides is 1. The molecule has 27 heavy (non-hydrogen) atoms. The van der Waals surface area contributed by atoms with Crippen LogP contribution in [-0.4, -0.2) is 59.0 Å². The van der Waals surface area contributed by atoms with E-state index in [9.17, 15) is 13.2 Å². The lowest BCUT2D eigenvalue weighted by Gasteiger charge is -2.27. The van der Waals surface area contributed by atoms with Crippen LogP contribution in [0.1, 0.15) is 0 Å². The van der Waals surface area contributed by atoms with Gasteiger partial charge in [0, 0.05) is 7.11 Å². The summed E-state index contributed by atoms with van der Waals surface area (Å²) >= 11 is 0. The Morgan fingerprint density at radius 3 is 2.78 bits per heavy atom. The van der Waals surface area contributed by atoms with E-state index in [4.69, 9.17) is 19.5 Å². The lowest BCUT2D eigenvalue weighted by Crippen LogP contribution is -2.53. The van der Waals surface area contributed by atoms with Gasteiger partial charge in [0.2, 0.25) is 0 Å². The minimum absolute atomic E-state index is 0.0245. The number of urea groups is 1. The number of nitriles is 1. The Morgan fingerprint density at radius 2 is 2.11 bits per heavy atom. The van der Waals surface area contributed by atoms with Crippen LogP contribution in [0.3, 0.4) is 0 Å². The molecule has 2 rings (SSSR count). The minimum atomic E-state index is -4.28. The predicted molar refractivity (Wildman–Crippen MR) is 92.0 cm³/mol. The van der Waals surface area contributed by atoms with Crippen molar-refractivity contribution in [3.8, 4) is 11.8 Å². The summed E-state index contributed by atoms with van der Waals surface area (Å²) < 4.78 is 41.7. The molecule has 2 amide bonds. The number of hydrazine groups is 1. The van der Waals surface area contributed by atoms with Gasteiger partial charge < -0.3 is 14.2 Å². The highest BCUT2D eigenvalue weighted by molar-refractivity contribution is 7.90. The molecular formula is C14H16N6O6S. The molecule has 1 aromatic rings. The zero-order valence-electron chi connectivity index (χ0n) is 14.3. The van der Waals surface area contributed by atoms with Gasteiger partial charge in [-0.25, -0.2) is 28.4 Å². The largest absolute Gasteiger partial charge is 0.477 e. The molecule has 1 aliphatic rings. The van der Waals surface area contributed by atoms with Crippen LogP contribution in [0.2, 0.25) is 0 Å². The molecule has 0 fully saturated rings. The average Bonchev–Trinajstić information content (AvgIpc) is 2.66. The van der Waals surface area contributed by atoms with E-state index in [0.29, 0.717) is 0 Å². The number of nitrogens with zero attached hydrogens (tertiary/aromatic N) is 4. The summed E-state index contributed by atoms with van der Waals surface area (Å²) in [5, 5.41) is 9.61. The van der Waals surface area contributed by atoms with Crippen molar-refractivity contribution >= 4 is 28.4 Å². The van der Waals surface area contributed by atoms with Crippen LogP contribution in [0.25, 0.3) is 0 Å². The Bertz CT molecular complexity index is 894. The second-order valence-corrected chi connectivity index (χ2v) is 6.42. The van der Waals surface area contributed by atoms with E-state index in [1.54, 1.807) is 6.07 Å². The van der Waals surface area contributed by atoms with Gasteiger partial charge >= 0.3 is 12.1 Å². The summed E-state index contributed by atoms with van der Waals surface area (Å²) in [6.45, 7) is -0.349. The number of aliphatic imine (C=N–C) groups is 2. The standard InChI is InChI=1S/C14H16N6O6S/c1-24-13-16-9-20(14(17-13)25-2)18-12(21)19-27(22,23)11-6-4-3-5-10(11)26-8-7-15/h3-6,9,14H,8H2,1-2H3,(H2,18,19,21). The van der Waals surface area contributed by atoms with E-state index in [1.165, 1.54) is 38.5 Å². The topological polar surface area (TPSA) is 155 Å². The number of amidine groups is 1. The fourth-order valence-electron chi connectivity index (χ4n) is 1.93. The van der Waals surface area contributed by atoms with Crippen LogP contribution in [0.15, 0.2) is 39.1 Å². The lowest BCUT2D eigenvalue weighted by molar-refractivity contribution is -0.00361. The number of nitrogens with one attached hydrogen (secondary N) is 2. The maximum Gasteiger partial charge on any atom is 0.347 e. The number of carbonyl (C=O) groups excluding carboxylic acids is 1. The molecule has 0 radical (unpaired) electrons. The fraction of sp³-hybridized carbons (Fsp3) is 0.286. The SMILES string of the molecule is COC1=NC(OC)N(NC(=O)NS(=O)(=O)c2ccccc2OCC#N)C=N1. The molecule has 12 nitrogen and oxygen atoms in total. The predicted octanol–water partition coefficient (Wildman–Crippen LogP) is -0.232. The molecule has 1 aromatic carbocycles. The summed E-state index contributed by atoms with van der Waals surface area (Å²) in [7, 11) is -1.60. The maximum atomic E-state index is 12.5. The van der Waals surface area contributed by atoms with Gasteiger partial charge in [-0.2, -0.15) is 15.2 Å². The number of hydrogen-bond acceptors (Lipinski definition) is 10. The number of benzene rings is 1. The Kier molecular flexibility index (Phi) is 6.52. The van der Waals surface area contributed by atoms with Crippen molar-refractivity contribution in [2.45, 2.75) is 11.2 Å². The number of amides is 2. The normalized spacial score (nSPS) is 16.1. The summed E-state index contributed by atoms with van der Waals surface area (Å²) in [5.41, 5.74) is 2.23. The van der Waals surface area contributed by atoms with Crippen LogP contribution in [0, 0.1) is 11.3 Å². The minimum Gasteiger partial charge on any atom is -0.477 e. The Morgan fingerprint density at radius 1 is 1.37 bits per heavy atom. The average molecular weight is 396 g/mol. The van der Waals surface area contributed by atoms with E-state index < -0.39 is 22.4 Å². The van der Waals surface area contributed by atoms with Gasteiger partial charge in [0.1, 0.15) is 23.1 Å². The van der Waals surface area contributed by atoms with Crippen molar-refractivity contribution < 1.29 is 27.4 Å². The number of hydrogen-bond donors (Lipinski definition) is 2. The first-order valence-corrected chi connectivity index (χ1v) is 8.79. The van der Waals surface area contributed by atoms with E-state index in [1.807, 2.05) is 4.72 Å². The molecule has 0 saturated heterocycles. The highest BCUT2D eigenvalue weighted by atomic mass is 32.2. The van der Waals surface area contributed by atoms with Crippen molar-refractivity contribution in [3.05, 3.63) is 24.3 Å². The van der Waals surface area contributed by atoms with E-state index in [0.717, 1.165) is 11.3 Å². The third kappa shape index (κ3) is 5.06. The van der Waals surface area contributed by atoms with Crippen molar-refractivity contribution in [1.29, 1.82) is 5.26 Å². The molecular weight excluding hydrogens is 380 g/mol. The van der Waals surface area contributed by atoms with Gasteiger partial charge in [0.05, 0.1) is 7.11 Å². The summed E-state index contributed by atoms with van der Waals surface area (Å²) in [5.74, 6) is -0.0667. The van der Waals surface area contributed by atoms with Gasteiger partial charge in [0.15, 0.2) is 6.61 Å². The number of rotatable bonds is 6. The Hall–Kier alpha value is -3.37. The molecule has 0 bridgehead atoms. The summed E-state index contributed by atoms with van der Waals surface area (Å²) in [6, 6.07) is 6.25. The molecule has 1 atom stereocenters. The van der Waals surface area contributed by atoms with Crippen molar-refractivity contribution in [2.24, 2.45) is 9.98 Å². The second kappa shape index (κ2) is 8.83. The number of para-hydroxylation sites is 1. The van der Waals surface area contributed by atoms with Gasteiger partial charge in [-0.15, -0.1) is 0 Å². The maximum absolute atomic E-state index is 12.5. The first-order valence-electron chi connectivity index (χ1n) is 7.30. The molecule has 0 spiro atoms. The third-order valence-electron chi connectivity index (χ3n) is 3.03. The number of carbonyl (C=O) groups is 1. The fourth-order valence-corrected chi connectivity index (χ4v) is 2.98. The van der Waals surface area contributed by atoms with Crippen LogP contribution in [0.4, 0.5) is 4.79 Å². The Labute approximate surface area is 155 Å². The van der Waals surface area contributed by atoms with Gasteiger partial charge in [-0.05, 0) is 12.1 Å². The molecule has 2 N–H and O–H groups in total. The monoisotopic (exact) mass is 396 g/mol. The number of methoxy groups -OCH3 is 2. The van der Waals surface area contributed by atoms with Crippen LogP contribution in [0.5, 0.6) is 5.75 Å². The van der Waals surface area contributed by atoms with Crippen LogP contribution < -0.4 is 14.9 Å². The highest BCUT2D eigenvalue weighted by Gasteiger charge is 2.26. The smallest absolute Gasteiger partial charge is 0.347 e. The van der Waals surface area contributed by atoms with E-state index in [2.05, 4.69) is 15.4 Å². The van der Waals surface area contributed by atoms with E-state index in [-0.39, 0.29) is 23.3 Å². The van der Waals surface area contributed by atoms with Gasteiger partial charge in [-0.1, -0.05) is 12.1 Å². The summed E-state index contributed by atoms with van der Waals surface area (Å²) in [6.07, 6.45) is 0.146. The molecule has 1 unspecified atom stereocenters. The van der Waals surface area contributed by atoms with Gasteiger partial charge in [0.25, 0.3) is 16.4 Å². The highest BCUT2D eigenvalue weighted by Crippen LogP contribution is 2.22. The van der Waals surface area contributed by atoms with E-state index >= 15 is 0 Å². The van der Waals surface area contributed by atoms with Gasteiger partial charge in [-0.3, -0.25) is 0 Å². The quantitative estimate of drug-likeness (QED) is 0.668. The van der Waals surface area contributed by atoms with Crippen molar-refractivity contribution in [1.82, 2.24) is 15.2 Å². The molecule has 1 aliphatic heterocycles. The molecule has 0 aromatic heterocycles. The summed E-state index contributed by atoms with van der Waals surface area (Å²) in [4.78, 5) is 19.5. The molecule has 1 heterocycles. The zero-order valence-corrected chi connectivity index (χ0v) is 15.1. The molecule has 0 aliphatic carbocycles.